The molecule has 0 unspecified atom stereocenters. The number of carbonyl (C=O) groups is 1. The van der Waals surface area contributed by atoms with Crippen LogP contribution < -0.4 is 19.6 Å². The molecule has 0 saturated heterocycles. The van der Waals surface area contributed by atoms with Gasteiger partial charge in [0.05, 0.1) is 22.8 Å². The summed E-state index contributed by atoms with van der Waals surface area (Å²) in [7, 11) is 0. The van der Waals surface area contributed by atoms with E-state index >= 15 is 0 Å². The average molecular weight is 633 g/mol. The second kappa shape index (κ2) is 12.2. The van der Waals surface area contributed by atoms with Gasteiger partial charge in [-0.25, -0.2) is 9.79 Å². The number of thiazole rings is 1. The molecule has 0 amide bonds. The van der Waals surface area contributed by atoms with Crippen LogP contribution in [0.2, 0.25) is 10.0 Å². The molecule has 1 aliphatic heterocycles. The number of fused-ring (bicyclic) bond motifs is 1. The van der Waals surface area contributed by atoms with Crippen molar-refractivity contribution in [2.45, 2.75) is 25.7 Å². The summed E-state index contributed by atoms with van der Waals surface area (Å²) < 4.78 is 54.7. The van der Waals surface area contributed by atoms with Gasteiger partial charge in [0.1, 0.15) is 12.4 Å². The number of alkyl halides is 3. The molecule has 2 heterocycles. The second-order valence-electron chi connectivity index (χ2n) is 9.10. The molecule has 1 aliphatic rings. The lowest BCUT2D eigenvalue weighted by atomic mass is 9.95. The molecular formula is C30H21Cl2F3N2O4S. The minimum atomic E-state index is -4.98. The number of hydrogen-bond acceptors (Lipinski definition) is 6. The molecule has 216 valence electrons. The molecule has 0 spiro atoms. The quantitative estimate of drug-likeness (QED) is 0.227. The van der Waals surface area contributed by atoms with Gasteiger partial charge in [0.15, 0.2) is 10.5 Å². The van der Waals surface area contributed by atoms with Crippen molar-refractivity contribution in [3.63, 3.8) is 0 Å². The Morgan fingerprint density at radius 3 is 2.40 bits per heavy atom. The molecule has 4 aromatic rings. The van der Waals surface area contributed by atoms with Crippen LogP contribution in [0, 0.1) is 0 Å². The third-order valence-electron chi connectivity index (χ3n) is 6.25. The van der Waals surface area contributed by atoms with E-state index in [1.165, 1.54) is 31.2 Å². The number of carbonyl (C=O) groups excluding carboxylic acids is 1. The molecule has 12 heteroatoms. The molecule has 1 aromatic heterocycles. The van der Waals surface area contributed by atoms with Crippen LogP contribution >= 0.6 is 34.5 Å². The molecular weight excluding hydrogens is 612 g/mol. The number of rotatable bonds is 7. The van der Waals surface area contributed by atoms with E-state index in [2.05, 4.69) is 4.99 Å². The molecule has 1 atom stereocenters. The molecule has 0 saturated carbocycles. The molecule has 5 rings (SSSR count). The van der Waals surface area contributed by atoms with Crippen LogP contribution in [0.4, 0.5) is 13.2 Å². The molecule has 0 fully saturated rings. The summed E-state index contributed by atoms with van der Waals surface area (Å²) in [4.78, 5) is 30.1. The van der Waals surface area contributed by atoms with Gasteiger partial charge in [-0.1, -0.05) is 70.9 Å². The van der Waals surface area contributed by atoms with Crippen LogP contribution in [-0.2, 0) is 16.1 Å². The van der Waals surface area contributed by atoms with Crippen molar-refractivity contribution >= 4 is 46.6 Å². The first-order valence-corrected chi connectivity index (χ1v) is 14.2. The van der Waals surface area contributed by atoms with Crippen molar-refractivity contribution in [3.8, 4) is 5.75 Å². The van der Waals surface area contributed by atoms with E-state index in [-0.39, 0.29) is 21.5 Å². The molecule has 0 aliphatic carbocycles. The highest BCUT2D eigenvalue weighted by Gasteiger charge is 2.45. The first-order valence-electron chi connectivity index (χ1n) is 12.6. The molecule has 42 heavy (non-hydrogen) atoms. The summed E-state index contributed by atoms with van der Waals surface area (Å²) in [5, 5.41) is 0.937. The zero-order valence-electron chi connectivity index (χ0n) is 21.8. The summed E-state index contributed by atoms with van der Waals surface area (Å²) in [5.74, 6) is -0.638. The van der Waals surface area contributed by atoms with Crippen molar-refractivity contribution in [1.29, 1.82) is 0 Å². The number of allylic oxidation sites excluding steroid dienone is 1. The van der Waals surface area contributed by atoms with E-state index < -0.39 is 35.0 Å². The maximum Gasteiger partial charge on any atom is 0.434 e. The Hall–Kier alpha value is -3.86. The monoisotopic (exact) mass is 632 g/mol. The Bertz CT molecular complexity index is 1850. The zero-order valence-corrected chi connectivity index (χ0v) is 24.2. The Balaban J connectivity index is 1.56. The number of aromatic nitrogens is 1. The van der Waals surface area contributed by atoms with Crippen LogP contribution in [0.25, 0.3) is 6.08 Å². The highest BCUT2D eigenvalue weighted by Crippen LogP contribution is 2.38. The van der Waals surface area contributed by atoms with Gasteiger partial charge < -0.3 is 9.47 Å². The van der Waals surface area contributed by atoms with Crippen molar-refractivity contribution < 1.29 is 27.4 Å². The number of hydrogen-bond donors (Lipinski definition) is 0. The number of nitrogens with zero attached hydrogens (tertiary/aromatic N) is 2. The van der Waals surface area contributed by atoms with Crippen LogP contribution in [0.15, 0.2) is 93.9 Å². The molecule has 0 radical (unpaired) electrons. The lowest BCUT2D eigenvalue weighted by Crippen LogP contribution is -2.41. The van der Waals surface area contributed by atoms with Crippen molar-refractivity contribution in [2.24, 2.45) is 4.99 Å². The lowest BCUT2D eigenvalue weighted by Gasteiger charge is -2.26. The zero-order chi connectivity index (χ0) is 30.0. The number of ether oxygens (including phenoxy) is 2. The minimum Gasteiger partial charge on any atom is -0.489 e. The maximum atomic E-state index is 14.2. The van der Waals surface area contributed by atoms with E-state index in [4.69, 9.17) is 32.7 Å². The van der Waals surface area contributed by atoms with Gasteiger partial charge in [-0.2, -0.15) is 13.2 Å². The number of benzene rings is 3. The van der Waals surface area contributed by atoms with Gasteiger partial charge in [0, 0.05) is 10.0 Å². The Kier molecular flexibility index (Phi) is 8.58. The average Bonchev–Trinajstić information content (AvgIpc) is 3.26. The second-order valence-corrected chi connectivity index (χ2v) is 11.0. The fourth-order valence-electron chi connectivity index (χ4n) is 4.41. The fourth-order valence-corrected chi connectivity index (χ4v) is 5.75. The predicted octanol–water partition coefficient (Wildman–Crippen LogP) is 6.23. The number of esters is 1. The SMILES string of the molecule is CCOC(=O)C1=C(C(F)(F)F)N=c2s/c(=C\c3ccc(OCc4cccc(Cl)c4)cc3)c(=O)n2[C@@H]1c1ccc(Cl)cc1. The Morgan fingerprint density at radius 2 is 1.76 bits per heavy atom. The molecule has 6 nitrogen and oxygen atoms in total. The van der Waals surface area contributed by atoms with Crippen LogP contribution in [0.5, 0.6) is 5.75 Å². The third kappa shape index (κ3) is 6.30. The van der Waals surface area contributed by atoms with E-state index in [0.29, 0.717) is 28.0 Å². The summed E-state index contributed by atoms with van der Waals surface area (Å²) in [6, 6.07) is 18.6. The van der Waals surface area contributed by atoms with Gasteiger partial charge in [0.2, 0.25) is 0 Å². The van der Waals surface area contributed by atoms with E-state index in [0.717, 1.165) is 21.5 Å². The Labute approximate surface area is 251 Å². The van der Waals surface area contributed by atoms with E-state index in [1.54, 1.807) is 42.5 Å². The van der Waals surface area contributed by atoms with E-state index in [1.807, 2.05) is 12.1 Å². The lowest BCUT2D eigenvalue weighted by molar-refractivity contribution is -0.140. The first-order chi connectivity index (χ1) is 20.0. The smallest absolute Gasteiger partial charge is 0.434 e. The highest BCUT2D eigenvalue weighted by molar-refractivity contribution is 7.07. The van der Waals surface area contributed by atoms with Crippen molar-refractivity contribution in [1.82, 2.24) is 4.57 Å². The summed E-state index contributed by atoms with van der Waals surface area (Å²) >= 11 is 12.8. The summed E-state index contributed by atoms with van der Waals surface area (Å²) in [6.07, 6.45) is -3.44. The largest absolute Gasteiger partial charge is 0.489 e. The van der Waals surface area contributed by atoms with Crippen molar-refractivity contribution in [2.75, 3.05) is 6.61 Å². The molecule has 0 N–H and O–H groups in total. The summed E-state index contributed by atoms with van der Waals surface area (Å²) in [5.41, 5.74) is -1.04. The molecule has 3 aromatic carbocycles. The van der Waals surface area contributed by atoms with Gasteiger partial charge in [-0.3, -0.25) is 9.36 Å². The Morgan fingerprint density at radius 1 is 1.05 bits per heavy atom. The van der Waals surface area contributed by atoms with Crippen molar-refractivity contribution in [3.05, 3.63) is 130 Å². The third-order valence-corrected chi connectivity index (χ3v) is 7.72. The highest BCUT2D eigenvalue weighted by atomic mass is 35.5. The summed E-state index contributed by atoms with van der Waals surface area (Å²) in [6.45, 7) is 1.61. The first kappa shape index (κ1) is 29.6. The van der Waals surface area contributed by atoms with Crippen LogP contribution in [0.3, 0.4) is 0 Å². The van der Waals surface area contributed by atoms with E-state index in [9.17, 15) is 22.8 Å². The van der Waals surface area contributed by atoms with Crippen LogP contribution in [-0.4, -0.2) is 23.3 Å². The van der Waals surface area contributed by atoms with Gasteiger partial charge in [-0.15, -0.1) is 0 Å². The van der Waals surface area contributed by atoms with Gasteiger partial charge >= 0.3 is 12.1 Å². The maximum absolute atomic E-state index is 14.2. The predicted molar refractivity (Wildman–Crippen MR) is 154 cm³/mol. The minimum absolute atomic E-state index is 0.131. The van der Waals surface area contributed by atoms with Crippen LogP contribution in [0.1, 0.15) is 29.7 Å². The normalized spacial score (nSPS) is 15.3. The fraction of sp³-hybridized carbons (Fsp3) is 0.167. The van der Waals surface area contributed by atoms with Gasteiger partial charge in [-0.05, 0) is 66.1 Å². The topological polar surface area (TPSA) is 69.9 Å². The number of halogens is 5. The standard InChI is InChI=1S/C30H21Cl2F3N2O4S/c1-2-40-28(39)24-25(19-8-10-20(31)11-9-19)37-27(38)23(42-29(37)36-26(24)30(33,34)35)15-17-6-12-22(13-7-17)41-16-18-4-3-5-21(32)14-18/h3-15,25H,2,16H2,1H3/b23-15-/t25-/m1/s1. The van der Waals surface area contributed by atoms with Gasteiger partial charge in [0.25, 0.3) is 5.56 Å². The molecule has 0 bridgehead atoms.